The van der Waals surface area contributed by atoms with Crippen LogP contribution in [0.15, 0.2) is 0 Å². The fourth-order valence-corrected chi connectivity index (χ4v) is 2.22. The van der Waals surface area contributed by atoms with Gasteiger partial charge in [-0.3, -0.25) is 4.90 Å². The van der Waals surface area contributed by atoms with Gasteiger partial charge in [0, 0.05) is 5.92 Å². The molecule has 0 aromatic carbocycles. The van der Waals surface area contributed by atoms with Gasteiger partial charge in [0.15, 0.2) is 0 Å². The van der Waals surface area contributed by atoms with E-state index in [0.717, 1.165) is 12.0 Å². The fraction of sp³-hybridized carbons (Fsp3) is 1.00. The van der Waals surface area contributed by atoms with Gasteiger partial charge in [-0.05, 0) is 20.0 Å². The molecule has 2 heteroatoms. The predicted octanol–water partition coefficient (Wildman–Crippen LogP) is -1.12. The van der Waals surface area contributed by atoms with E-state index in [4.69, 9.17) is 0 Å². The Morgan fingerprint density at radius 1 is 1.44 bits per heavy atom. The largest absolute Gasteiger partial charge is 0.345 e. The maximum atomic E-state index is 2.51. The molecule has 9 heavy (non-hydrogen) atoms. The van der Waals surface area contributed by atoms with E-state index < -0.39 is 0 Å². The van der Waals surface area contributed by atoms with Crippen molar-refractivity contribution in [1.82, 2.24) is 4.90 Å². The number of rotatable bonds is 0. The molecule has 2 aliphatic rings. The molecule has 0 bridgehead atoms. The van der Waals surface area contributed by atoms with Crippen LogP contribution in [0.5, 0.6) is 0 Å². The monoisotopic (exact) mass is 127 g/mol. The Bertz CT molecular complexity index is 113. The Hall–Kier alpha value is -0.0800. The second kappa shape index (κ2) is 1.96. The van der Waals surface area contributed by atoms with Crippen molar-refractivity contribution in [2.75, 3.05) is 26.7 Å². The Kier molecular flexibility index (Phi) is 1.24. The summed E-state index contributed by atoms with van der Waals surface area (Å²) in [7, 11) is 2.25. The molecule has 2 rings (SSSR count). The van der Waals surface area contributed by atoms with Crippen LogP contribution < -0.4 is 5.32 Å². The van der Waals surface area contributed by atoms with Crippen LogP contribution in [0.25, 0.3) is 0 Å². The number of quaternary nitrogens is 1. The number of nitrogens with zero attached hydrogens (tertiary/aromatic N) is 1. The molecule has 2 aliphatic heterocycles. The number of fused-ring (bicyclic) bond motifs is 1. The molecule has 2 N–H and O–H groups in total. The van der Waals surface area contributed by atoms with Crippen LogP contribution in [0, 0.1) is 5.92 Å². The van der Waals surface area contributed by atoms with Crippen LogP contribution >= 0.6 is 0 Å². The molecule has 0 saturated carbocycles. The number of hydrogen-bond donors (Lipinski definition) is 1. The van der Waals surface area contributed by atoms with E-state index in [0.29, 0.717) is 0 Å². The number of likely N-dealkylation sites (N-methyl/N-ethyl adjacent to an activating group) is 1. The first kappa shape index (κ1) is 5.69. The van der Waals surface area contributed by atoms with E-state index in [1.165, 1.54) is 26.1 Å². The van der Waals surface area contributed by atoms with Crippen LogP contribution in [-0.2, 0) is 0 Å². The van der Waals surface area contributed by atoms with E-state index in [-0.39, 0.29) is 0 Å². The molecule has 0 radical (unpaired) electrons. The lowest BCUT2D eigenvalue weighted by Crippen LogP contribution is -2.82. The van der Waals surface area contributed by atoms with Crippen LogP contribution in [-0.4, -0.2) is 37.6 Å². The summed E-state index contributed by atoms with van der Waals surface area (Å²) in [6.07, 6.45) is 1.44. The molecule has 2 fully saturated rings. The first-order valence-electron chi connectivity index (χ1n) is 3.90. The Labute approximate surface area is 56.2 Å². The van der Waals surface area contributed by atoms with Crippen molar-refractivity contribution in [2.45, 2.75) is 12.5 Å². The number of nitrogens with two attached hydrogens (primary N) is 1. The topological polar surface area (TPSA) is 19.9 Å². The molecule has 52 valence electrons. The zero-order valence-corrected chi connectivity index (χ0v) is 6.01. The van der Waals surface area contributed by atoms with Gasteiger partial charge in [-0.2, -0.15) is 0 Å². The summed E-state index contributed by atoms with van der Waals surface area (Å²) in [4.78, 5) is 2.51. The summed E-state index contributed by atoms with van der Waals surface area (Å²) < 4.78 is 0. The lowest BCUT2D eigenvalue weighted by atomic mass is 10.1. The quantitative estimate of drug-likeness (QED) is 0.437. The van der Waals surface area contributed by atoms with Crippen molar-refractivity contribution in [3.63, 3.8) is 0 Å². The van der Waals surface area contributed by atoms with Crippen molar-refractivity contribution < 1.29 is 5.32 Å². The zero-order chi connectivity index (χ0) is 6.27. The molecule has 2 heterocycles. The molecule has 0 aliphatic carbocycles. The van der Waals surface area contributed by atoms with Crippen molar-refractivity contribution in [3.8, 4) is 0 Å². The SMILES string of the molecule is CN1CC[C@H]2C[NH2+]C[C@@H]21. The van der Waals surface area contributed by atoms with Crippen molar-refractivity contribution in [2.24, 2.45) is 5.92 Å². The summed E-state index contributed by atoms with van der Waals surface area (Å²) in [6, 6.07) is 0.921. The highest BCUT2D eigenvalue weighted by Gasteiger charge is 2.38. The minimum Gasteiger partial charge on any atom is -0.345 e. The van der Waals surface area contributed by atoms with Crippen LogP contribution in [0.3, 0.4) is 0 Å². The van der Waals surface area contributed by atoms with Crippen molar-refractivity contribution in [3.05, 3.63) is 0 Å². The van der Waals surface area contributed by atoms with Crippen LogP contribution in [0.4, 0.5) is 0 Å². The van der Waals surface area contributed by atoms with E-state index in [1.54, 1.807) is 0 Å². The average molecular weight is 127 g/mol. The lowest BCUT2D eigenvalue weighted by Gasteiger charge is -2.13. The summed E-state index contributed by atoms with van der Waals surface area (Å²) >= 11 is 0. The third-order valence-corrected chi connectivity index (χ3v) is 2.84. The maximum Gasteiger partial charge on any atom is 0.0918 e. The second-order valence-electron chi connectivity index (χ2n) is 3.36. The minimum absolute atomic E-state index is 0.921. The molecule has 2 saturated heterocycles. The van der Waals surface area contributed by atoms with Gasteiger partial charge in [-0.25, -0.2) is 0 Å². The molecule has 0 spiro atoms. The van der Waals surface area contributed by atoms with Gasteiger partial charge < -0.3 is 5.32 Å². The first-order chi connectivity index (χ1) is 4.38. The summed E-state index contributed by atoms with van der Waals surface area (Å²) in [5.41, 5.74) is 0. The van der Waals surface area contributed by atoms with Gasteiger partial charge in [0.25, 0.3) is 0 Å². The molecule has 2 nitrogen and oxygen atoms in total. The average Bonchev–Trinajstić information content (AvgIpc) is 2.35. The zero-order valence-electron chi connectivity index (χ0n) is 6.01. The highest BCUT2D eigenvalue weighted by atomic mass is 15.2. The standard InChI is InChI=1S/C7H14N2/c1-9-3-2-6-4-8-5-7(6)9/h6-8H,2-5H2,1H3/p+1/t6-,7-/m0/s1. The molecular formula is C7H15N2+. The fourth-order valence-electron chi connectivity index (χ4n) is 2.22. The molecule has 2 atom stereocenters. The number of hydrogen-bond acceptors (Lipinski definition) is 1. The lowest BCUT2D eigenvalue weighted by molar-refractivity contribution is -0.640. The Balaban J connectivity index is 2.07. The van der Waals surface area contributed by atoms with Crippen molar-refractivity contribution in [1.29, 1.82) is 0 Å². The highest BCUT2D eigenvalue weighted by Crippen LogP contribution is 2.22. The maximum absolute atomic E-state index is 2.51. The van der Waals surface area contributed by atoms with Gasteiger partial charge in [0.1, 0.15) is 0 Å². The molecule has 0 aromatic rings. The number of likely N-dealkylation sites (tertiary alicyclic amines) is 1. The first-order valence-corrected chi connectivity index (χ1v) is 3.90. The van der Waals surface area contributed by atoms with Gasteiger partial charge in [-0.15, -0.1) is 0 Å². The van der Waals surface area contributed by atoms with E-state index >= 15 is 0 Å². The van der Waals surface area contributed by atoms with Gasteiger partial charge in [0.05, 0.1) is 19.1 Å². The Morgan fingerprint density at radius 3 is 3.11 bits per heavy atom. The minimum atomic E-state index is 0.921. The van der Waals surface area contributed by atoms with E-state index in [2.05, 4.69) is 17.3 Å². The molecule has 0 amide bonds. The van der Waals surface area contributed by atoms with Gasteiger partial charge in [0.2, 0.25) is 0 Å². The molecular weight excluding hydrogens is 112 g/mol. The van der Waals surface area contributed by atoms with E-state index in [1.807, 2.05) is 0 Å². The predicted molar refractivity (Wildman–Crippen MR) is 36.2 cm³/mol. The normalized spacial score (nSPS) is 43.7. The van der Waals surface area contributed by atoms with Crippen LogP contribution in [0.1, 0.15) is 6.42 Å². The summed E-state index contributed by atoms with van der Waals surface area (Å²) in [5, 5.41) is 2.45. The van der Waals surface area contributed by atoms with Crippen LogP contribution in [0.2, 0.25) is 0 Å². The third-order valence-electron chi connectivity index (χ3n) is 2.84. The summed E-state index contributed by atoms with van der Waals surface area (Å²) in [6.45, 7) is 4.07. The highest BCUT2D eigenvalue weighted by molar-refractivity contribution is 4.86. The van der Waals surface area contributed by atoms with E-state index in [9.17, 15) is 0 Å². The summed E-state index contributed by atoms with van der Waals surface area (Å²) in [5.74, 6) is 1.02. The molecule has 0 unspecified atom stereocenters. The second-order valence-corrected chi connectivity index (χ2v) is 3.36. The van der Waals surface area contributed by atoms with Gasteiger partial charge >= 0.3 is 0 Å². The van der Waals surface area contributed by atoms with Gasteiger partial charge in [-0.1, -0.05) is 0 Å². The third kappa shape index (κ3) is 0.775. The molecule has 0 aromatic heterocycles. The smallest absolute Gasteiger partial charge is 0.0918 e. The Morgan fingerprint density at radius 2 is 2.33 bits per heavy atom. The van der Waals surface area contributed by atoms with Crippen molar-refractivity contribution >= 4 is 0 Å².